The van der Waals surface area contributed by atoms with Gasteiger partial charge in [0.05, 0.1) is 12.0 Å². The van der Waals surface area contributed by atoms with Gasteiger partial charge in [0.15, 0.2) is 0 Å². The largest absolute Gasteiger partial charge is 0.481 e. The summed E-state index contributed by atoms with van der Waals surface area (Å²) in [6.07, 6.45) is 0.0726. The minimum Gasteiger partial charge on any atom is -0.481 e. The molecule has 0 saturated carbocycles. The number of urea groups is 1. The van der Waals surface area contributed by atoms with E-state index < -0.39 is 17.9 Å². The molecule has 0 aromatic carbocycles. The van der Waals surface area contributed by atoms with Gasteiger partial charge in [-0.2, -0.15) is 5.26 Å². The van der Waals surface area contributed by atoms with Crippen LogP contribution in [0.1, 0.15) is 33.1 Å². The Labute approximate surface area is 112 Å². The maximum atomic E-state index is 11.7. The second kappa shape index (κ2) is 8.91. The van der Waals surface area contributed by atoms with E-state index in [0.717, 1.165) is 0 Å². The number of hydrogen-bond donors (Lipinski definition) is 2. The van der Waals surface area contributed by atoms with Crippen molar-refractivity contribution in [1.82, 2.24) is 10.2 Å². The lowest BCUT2D eigenvalue weighted by Crippen LogP contribution is -2.44. The van der Waals surface area contributed by atoms with Crippen molar-refractivity contribution < 1.29 is 19.5 Å². The minimum absolute atomic E-state index is 0.0105. The number of hydrogen-bond acceptors (Lipinski definition) is 4. The van der Waals surface area contributed by atoms with Crippen molar-refractivity contribution in [3.63, 3.8) is 0 Å². The van der Waals surface area contributed by atoms with Gasteiger partial charge in [0.25, 0.3) is 0 Å². The lowest BCUT2D eigenvalue weighted by atomic mass is 10.2. The van der Waals surface area contributed by atoms with E-state index in [1.165, 1.54) is 4.90 Å². The Morgan fingerprint density at radius 1 is 1.37 bits per heavy atom. The van der Waals surface area contributed by atoms with Crippen LogP contribution in [0, 0.1) is 17.2 Å². The number of carboxylic acid groups (broad SMARTS) is 1. The molecule has 0 aliphatic heterocycles. The van der Waals surface area contributed by atoms with Gasteiger partial charge in [-0.15, -0.1) is 0 Å². The van der Waals surface area contributed by atoms with Crippen molar-refractivity contribution in [2.75, 3.05) is 13.1 Å². The monoisotopic (exact) mass is 269 g/mol. The predicted molar refractivity (Wildman–Crippen MR) is 67.0 cm³/mol. The van der Waals surface area contributed by atoms with Crippen molar-refractivity contribution in [3.8, 4) is 6.07 Å². The Bertz CT molecular complexity index is 376. The number of nitrogens with one attached hydrogen (secondary N) is 1. The number of carboxylic acids is 1. The first kappa shape index (κ1) is 16.9. The van der Waals surface area contributed by atoms with E-state index in [1.54, 1.807) is 13.8 Å². The normalized spacial score (nSPS) is 11.2. The summed E-state index contributed by atoms with van der Waals surface area (Å²) in [5.74, 6) is -1.79. The maximum absolute atomic E-state index is 11.7. The summed E-state index contributed by atoms with van der Waals surface area (Å²) < 4.78 is 0. The fraction of sp³-hybridized carbons (Fsp3) is 0.667. The zero-order valence-electron chi connectivity index (χ0n) is 11.2. The topological polar surface area (TPSA) is 111 Å². The molecule has 0 bridgehead atoms. The van der Waals surface area contributed by atoms with Crippen molar-refractivity contribution >= 4 is 17.9 Å². The van der Waals surface area contributed by atoms with Gasteiger partial charge in [-0.05, 0) is 20.3 Å². The van der Waals surface area contributed by atoms with Gasteiger partial charge in [-0.3, -0.25) is 14.9 Å². The predicted octanol–water partition coefficient (Wildman–Crippen LogP) is 0.959. The number of rotatable bonds is 7. The smallest absolute Gasteiger partial charge is 0.324 e. The molecule has 3 amide bonds. The van der Waals surface area contributed by atoms with Gasteiger partial charge in [-0.25, -0.2) is 4.79 Å². The van der Waals surface area contributed by atoms with Crippen molar-refractivity contribution in [1.29, 1.82) is 5.26 Å². The minimum atomic E-state index is -0.975. The van der Waals surface area contributed by atoms with Crippen LogP contribution in [0.25, 0.3) is 0 Å². The second-order valence-corrected chi connectivity index (χ2v) is 4.17. The Balaban J connectivity index is 4.15. The molecule has 0 aromatic rings. The zero-order valence-corrected chi connectivity index (χ0v) is 11.2. The summed E-state index contributed by atoms with van der Waals surface area (Å²) in [4.78, 5) is 34.7. The third-order valence-corrected chi connectivity index (χ3v) is 2.42. The van der Waals surface area contributed by atoms with Crippen LogP contribution >= 0.6 is 0 Å². The maximum Gasteiger partial charge on any atom is 0.324 e. The highest BCUT2D eigenvalue weighted by Gasteiger charge is 2.16. The standard InChI is InChI=1S/C12H19N3O4/c1-3-15(8-9(2)7-13)12(19)14-10(16)5-4-6-11(17)18/h9H,3-6,8H2,1-2H3,(H,17,18)(H,14,16,19). The number of nitrogens with zero attached hydrogens (tertiary/aromatic N) is 2. The van der Waals surface area contributed by atoms with Gasteiger partial charge in [0, 0.05) is 25.9 Å². The highest BCUT2D eigenvalue weighted by Crippen LogP contribution is 2.00. The highest BCUT2D eigenvalue weighted by molar-refractivity contribution is 5.94. The molecular formula is C12H19N3O4. The number of amides is 3. The molecule has 1 unspecified atom stereocenters. The lowest BCUT2D eigenvalue weighted by molar-refractivity contribution is -0.137. The van der Waals surface area contributed by atoms with Crippen LogP contribution < -0.4 is 5.32 Å². The van der Waals surface area contributed by atoms with E-state index in [1.807, 2.05) is 6.07 Å². The zero-order chi connectivity index (χ0) is 14.8. The summed E-state index contributed by atoms with van der Waals surface area (Å²) in [7, 11) is 0. The lowest BCUT2D eigenvalue weighted by Gasteiger charge is -2.21. The fourth-order valence-electron chi connectivity index (χ4n) is 1.39. The fourth-order valence-corrected chi connectivity index (χ4v) is 1.39. The molecule has 1 atom stereocenters. The number of aliphatic carboxylic acids is 1. The average molecular weight is 269 g/mol. The van der Waals surface area contributed by atoms with Crippen LogP contribution in [0.3, 0.4) is 0 Å². The van der Waals surface area contributed by atoms with E-state index >= 15 is 0 Å². The third kappa shape index (κ3) is 7.76. The van der Waals surface area contributed by atoms with Crippen molar-refractivity contribution in [3.05, 3.63) is 0 Å². The summed E-state index contributed by atoms with van der Waals surface area (Å²) in [5.41, 5.74) is 0. The summed E-state index contributed by atoms with van der Waals surface area (Å²) in [6, 6.07) is 1.46. The van der Waals surface area contributed by atoms with Crippen LogP contribution in [-0.2, 0) is 9.59 Å². The van der Waals surface area contributed by atoms with Crippen LogP contribution in [0.5, 0.6) is 0 Å². The van der Waals surface area contributed by atoms with Crippen LogP contribution in [0.2, 0.25) is 0 Å². The van der Waals surface area contributed by atoms with E-state index in [2.05, 4.69) is 5.32 Å². The van der Waals surface area contributed by atoms with Gasteiger partial charge in [0.1, 0.15) is 0 Å². The van der Waals surface area contributed by atoms with Crippen LogP contribution in [0.15, 0.2) is 0 Å². The van der Waals surface area contributed by atoms with Gasteiger partial charge >= 0.3 is 12.0 Å². The van der Waals surface area contributed by atoms with Crippen LogP contribution in [0.4, 0.5) is 4.79 Å². The third-order valence-electron chi connectivity index (χ3n) is 2.42. The molecule has 0 aliphatic carbocycles. The molecule has 0 radical (unpaired) electrons. The number of carbonyl (C=O) groups is 3. The van der Waals surface area contributed by atoms with E-state index in [-0.39, 0.29) is 31.7 Å². The Hall–Kier alpha value is -2.10. The number of nitriles is 1. The van der Waals surface area contributed by atoms with E-state index in [4.69, 9.17) is 10.4 Å². The van der Waals surface area contributed by atoms with Crippen molar-refractivity contribution in [2.24, 2.45) is 5.92 Å². The highest BCUT2D eigenvalue weighted by atomic mass is 16.4. The van der Waals surface area contributed by atoms with E-state index in [9.17, 15) is 14.4 Å². The summed E-state index contributed by atoms with van der Waals surface area (Å²) in [5, 5.41) is 19.3. The molecule has 0 saturated heterocycles. The number of imide groups is 1. The molecule has 0 rings (SSSR count). The molecule has 19 heavy (non-hydrogen) atoms. The molecular weight excluding hydrogens is 250 g/mol. The van der Waals surface area contributed by atoms with E-state index in [0.29, 0.717) is 6.54 Å². The molecule has 0 fully saturated rings. The van der Waals surface area contributed by atoms with Crippen molar-refractivity contribution in [2.45, 2.75) is 33.1 Å². The molecule has 2 N–H and O–H groups in total. The van der Waals surface area contributed by atoms with Gasteiger partial charge in [0.2, 0.25) is 5.91 Å². The van der Waals surface area contributed by atoms with Gasteiger partial charge in [-0.1, -0.05) is 0 Å². The Morgan fingerprint density at radius 3 is 2.47 bits per heavy atom. The van der Waals surface area contributed by atoms with Gasteiger partial charge < -0.3 is 10.0 Å². The molecule has 0 heterocycles. The molecule has 7 heteroatoms. The van der Waals surface area contributed by atoms with Crippen LogP contribution in [-0.4, -0.2) is 41.0 Å². The second-order valence-electron chi connectivity index (χ2n) is 4.17. The quantitative estimate of drug-likeness (QED) is 0.715. The molecule has 106 valence electrons. The average Bonchev–Trinajstić information content (AvgIpc) is 2.34. The summed E-state index contributed by atoms with van der Waals surface area (Å²) >= 11 is 0. The molecule has 0 spiro atoms. The first-order valence-corrected chi connectivity index (χ1v) is 6.10. The first-order valence-electron chi connectivity index (χ1n) is 6.10. The molecule has 0 aliphatic rings. The first-order chi connectivity index (χ1) is 8.90. The Kier molecular flexibility index (Phi) is 7.93. The Morgan fingerprint density at radius 2 is 2.00 bits per heavy atom. The number of carbonyl (C=O) groups excluding carboxylic acids is 2. The molecule has 0 aromatic heterocycles. The SMILES string of the molecule is CCN(CC(C)C#N)C(=O)NC(=O)CCCC(=O)O. The molecule has 7 nitrogen and oxygen atoms in total. The summed E-state index contributed by atoms with van der Waals surface area (Å²) in [6.45, 7) is 4.07.